The van der Waals surface area contributed by atoms with Crippen LogP contribution in [0.3, 0.4) is 0 Å². The molecule has 0 saturated carbocycles. The number of aryl methyl sites for hydroxylation is 2. The number of thioether (sulfide) groups is 1. The summed E-state index contributed by atoms with van der Waals surface area (Å²) in [6.07, 6.45) is 2.73. The highest BCUT2D eigenvalue weighted by Gasteiger charge is 2.17. The van der Waals surface area contributed by atoms with E-state index in [1.165, 1.54) is 35.5 Å². The van der Waals surface area contributed by atoms with Crippen LogP contribution in [0.5, 0.6) is 0 Å². The maximum atomic E-state index is 12.8. The van der Waals surface area contributed by atoms with Crippen molar-refractivity contribution in [2.24, 2.45) is 0 Å². The number of hydrogen-bond acceptors (Lipinski definition) is 6. The number of rotatable bonds is 8. The van der Waals surface area contributed by atoms with Crippen LogP contribution in [-0.4, -0.2) is 37.2 Å². The molecule has 0 fully saturated rings. The van der Waals surface area contributed by atoms with E-state index in [-0.39, 0.29) is 30.3 Å². The van der Waals surface area contributed by atoms with Gasteiger partial charge in [0.25, 0.3) is 5.56 Å². The van der Waals surface area contributed by atoms with Crippen molar-refractivity contribution in [3.8, 4) is 0 Å². The van der Waals surface area contributed by atoms with Crippen LogP contribution >= 0.6 is 23.1 Å². The van der Waals surface area contributed by atoms with Crippen LogP contribution in [0.4, 0.5) is 8.78 Å². The number of nitrogens with one attached hydrogen (secondary N) is 2. The van der Waals surface area contributed by atoms with E-state index in [4.69, 9.17) is 0 Å². The molecule has 3 aromatic rings. The molecule has 0 saturated heterocycles. The molecule has 3 heterocycles. The third kappa shape index (κ3) is 4.84. The molecule has 0 aliphatic rings. The molecule has 0 aliphatic carbocycles. The number of hydrogen-bond donors (Lipinski definition) is 2. The largest absolute Gasteiger partial charge is 0.355 e. The molecule has 7 nitrogen and oxygen atoms in total. The first-order valence-corrected chi connectivity index (χ1v) is 10.8. The number of carbonyl (C=O) groups is 1. The van der Waals surface area contributed by atoms with Crippen molar-refractivity contribution in [3.63, 3.8) is 0 Å². The lowest BCUT2D eigenvalue weighted by Gasteiger charge is -2.12. The van der Waals surface area contributed by atoms with Gasteiger partial charge in [-0.15, -0.1) is 23.1 Å². The van der Waals surface area contributed by atoms with Crippen LogP contribution in [-0.2, 0) is 17.0 Å². The lowest BCUT2D eigenvalue weighted by molar-refractivity contribution is -0.120. The van der Waals surface area contributed by atoms with Gasteiger partial charge in [0.1, 0.15) is 16.5 Å². The third-order valence-corrected chi connectivity index (χ3v) is 6.79. The predicted molar refractivity (Wildman–Crippen MR) is 111 cm³/mol. The summed E-state index contributed by atoms with van der Waals surface area (Å²) in [4.78, 5) is 37.5. The van der Waals surface area contributed by atoms with E-state index in [2.05, 4.69) is 20.3 Å². The summed E-state index contributed by atoms with van der Waals surface area (Å²) >= 11 is 2.82. The lowest BCUT2D eigenvalue weighted by atomic mass is 10.2. The van der Waals surface area contributed by atoms with Gasteiger partial charge in [0, 0.05) is 30.2 Å². The normalized spacial score (nSPS) is 12.6. The number of halogens is 2. The van der Waals surface area contributed by atoms with Gasteiger partial charge in [0.05, 0.1) is 16.4 Å². The number of amides is 1. The molecule has 1 unspecified atom stereocenters. The Morgan fingerprint density at radius 3 is 2.90 bits per heavy atom. The first-order chi connectivity index (χ1) is 13.8. The number of alkyl halides is 2. The Bertz CT molecular complexity index is 1080. The maximum Gasteiger partial charge on any atom is 0.319 e. The number of thiophene rings is 1. The Morgan fingerprint density at radius 2 is 2.17 bits per heavy atom. The Morgan fingerprint density at radius 1 is 1.41 bits per heavy atom. The highest BCUT2D eigenvalue weighted by molar-refractivity contribution is 7.99. The number of carbonyl (C=O) groups excluding carboxylic acids is 1. The van der Waals surface area contributed by atoms with Crippen molar-refractivity contribution in [1.29, 1.82) is 0 Å². The number of nitrogens with zero attached hydrogens (tertiary/aromatic N) is 3. The fourth-order valence-corrected chi connectivity index (χ4v) is 4.63. The lowest BCUT2D eigenvalue weighted by Crippen LogP contribution is -2.33. The van der Waals surface area contributed by atoms with E-state index >= 15 is 0 Å². The van der Waals surface area contributed by atoms with Crippen LogP contribution in [0.1, 0.15) is 35.6 Å². The zero-order valence-corrected chi connectivity index (χ0v) is 17.8. The summed E-state index contributed by atoms with van der Waals surface area (Å²) < 4.78 is 26.3. The minimum absolute atomic E-state index is 0.168. The molecule has 29 heavy (non-hydrogen) atoms. The Hall–Kier alpha value is -2.27. The van der Waals surface area contributed by atoms with E-state index in [1.54, 1.807) is 6.92 Å². The van der Waals surface area contributed by atoms with Gasteiger partial charge in [0.2, 0.25) is 5.91 Å². The van der Waals surface area contributed by atoms with Gasteiger partial charge in [-0.1, -0.05) is 0 Å². The number of fused-ring (bicyclic) bond motifs is 1. The van der Waals surface area contributed by atoms with Gasteiger partial charge in [-0.05, 0) is 26.3 Å². The standard InChI is InChI=1S/C18H21F2N5O2S2/c1-9-10(2)29-17-14(9)16(27)23-12(24-17)8-28-11(3)15(26)22-5-4-13-21-6-7-25(13)18(19)20/h6-7,11,18H,4-5,8H2,1-3H3,(H,22,26)(H,23,24,27). The Kier molecular flexibility index (Phi) is 6.68. The van der Waals surface area contributed by atoms with Crippen molar-refractivity contribution < 1.29 is 13.6 Å². The van der Waals surface area contributed by atoms with Crippen LogP contribution in [0, 0.1) is 13.8 Å². The average Bonchev–Trinajstić information content (AvgIpc) is 3.24. The molecule has 2 N–H and O–H groups in total. The molecular formula is C18H21F2N5O2S2. The SMILES string of the molecule is Cc1sc2nc(CSC(C)C(=O)NCCc3nccn3C(F)F)[nH]c(=O)c2c1C. The molecule has 0 spiro atoms. The highest BCUT2D eigenvalue weighted by Crippen LogP contribution is 2.26. The van der Waals surface area contributed by atoms with Crippen LogP contribution in [0.25, 0.3) is 10.2 Å². The number of aromatic nitrogens is 4. The van der Waals surface area contributed by atoms with Gasteiger partial charge < -0.3 is 10.3 Å². The molecule has 0 aromatic carbocycles. The second-order valence-electron chi connectivity index (χ2n) is 6.50. The molecule has 1 amide bonds. The van der Waals surface area contributed by atoms with Gasteiger partial charge in [-0.2, -0.15) is 8.78 Å². The zero-order chi connectivity index (χ0) is 21.1. The highest BCUT2D eigenvalue weighted by atomic mass is 32.2. The Labute approximate surface area is 174 Å². The van der Waals surface area contributed by atoms with Crippen molar-refractivity contribution >= 4 is 39.2 Å². The van der Waals surface area contributed by atoms with Gasteiger partial charge in [0.15, 0.2) is 0 Å². The third-order valence-electron chi connectivity index (χ3n) is 4.53. The summed E-state index contributed by atoms with van der Waals surface area (Å²) in [5, 5.41) is 2.96. The fraction of sp³-hybridized carbons (Fsp3) is 0.444. The van der Waals surface area contributed by atoms with Crippen molar-refractivity contribution in [1.82, 2.24) is 24.8 Å². The number of imidazole rings is 1. The smallest absolute Gasteiger partial charge is 0.319 e. The quantitative estimate of drug-likeness (QED) is 0.560. The second kappa shape index (κ2) is 9.04. The summed E-state index contributed by atoms with van der Waals surface area (Å²) in [6, 6.07) is 0. The molecule has 11 heteroatoms. The Balaban J connectivity index is 1.53. The molecular weight excluding hydrogens is 420 g/mol. The number of aromatic amines is 1. The summed E-state index contributed by atoms with van der Waals surface area (Å²) in [7, 11) is 0. The number of H-pyrrole nitrogens is 1. The summed E-state index contributed by atoms with van der Waals surface area (Å²) in [5.41, 5.74) is 0.775. The summed E-state index contributed by atoms with van der Waals surface area (Å²) in [6.45, 7) is 3.16. The van der Waals surface area contributed by atoms with Gasteiger partial charge >= 0.3 is 6.55 Å². The monoisotopic (exact) mass is 441 g/mol. The van der Waals surface area contributed by atoms with Crippen LogP contribution in [0.15, 0.2) is 17.2 Å². The predicted octanol–water partition coefficient (Wildman–Crippen LogP) is 3.17. The molecule has 0 aliphatic heterocycles. The van der Waals surface area contributed by atoms with Crippen LogP contribution in [0.2, 0.25) is 0 Å². The molecule has 3 rings (SSSR count). The summed E-state index contributed by atoms with van der Waals surface area (Å²) in [5.74, 6) is 0.909. The van der Waals surface area contributed by atoms with E-state index < -0.39 is 11.8 Å². The molecule has 156 valence electrons. The minimum atomic E-state index is -2.65. The van der Waals surface area contributed by atoms with Gasteiger partial charge in [-0.25, -0.2) is 9.97 Å². The van der Waals surface area contributed by atoms with Crippen molar-refractivity contribution in [2.75, 3.05) is 6.54 Å². The molecule has 0 bridgehead atoms. The van der Waals surface area contributed by atoms with Gasteiger partial charge in [-0.3, -0.25) is 14.2 Å². The van der Waals surface area contributed by atoms with Crippen molar-refractivity contribution in [3.05, 3.63) is 44.8 Å². The second-order valence-corrected chi connectivity index (χ2v) is 9.03. The first-order valence-electron chi connectivity index (χ1n) is 8.96. The van der Waals surface area contributed by atoms with E-state index in [1.807, 2.05) is 13.8 Å². The molecule has 0 radical (unpaired) electrons. The zero-order valence-electron chi connectivity index (χ0n) is 16.2. The topological polar surface area (TPSA) is 92.7 Å². The van der Waals surface area contributed by atoms with Crippen molar-refractivity contribution in [2.45, 2.75) is 44.7 Å². The first kappa shape index (κ1) is 21.4. The fourth-order valence-electron chi connectivity index (χ4n) is 2.80. The maximum absolute atomic E-state index is 12.8. The van der Waals surface area contributed by atoms with Crippen LogP contribution < -0.4 is 10.9 Å². The minimum Gasteiger partial charge on any atom is -0.355 e. The van der Waals surface area contributed by atoms with E-state index in [0.717, 1.165) is 15.0 Å². The molecule has 3 aromatic heterocycles. The van der Waals surface area contributed by atoms with E-state index in [0.29, 0.717) is 21.8 Å². The average molecular weight is 442 g/mol. The molecule has 1 atom stereocenters. The van der Waals surface area contributed by atoms with E-state index in [9.17, 15) is 18.4 Å².